The molecule has 0 fully saturated rings. The van der Waals surface area contributed by atoms with Crippen LogP contribution in [0.3, 0.4) is 0 Å². The number of rotatable bonds is 6. The van der Waals surface area contributed by atoms with Crippen molar-refractivity contribution in [2.24, 2.45) is 5.73 Å². The van der Waals surface area contributed by atoms with Gasteiger partial charge in [0.05, 0.1) is 0 Å². The van der Waals surface area contributed by atoms with E-state index >= 15 is 0 Å². The first-order valence-electron chi connectivity index (χ1n) is 6.04. The molecule has 0 bridgehead atoms. The molecule has 0 aliphatic rings. The summed E-state index contributed by atoms with van der Waals surface area (Å²) in [6.07, 6.45) is 0.726. The van der Waals surface area contributed by atoms with Gasteiger partial charge in [-0.3, -0.25) is 0 Å². The number of benzene rings is 1. The predicted octanol–water partition coefficient (Wildman–Crippen LogP) is 1.62. The van der Waals surface area contributed by atoms with Crippen molar-refractivity contribution < 1.29 is 10.2 Å². The summed E-state index contributed by atoms with van der Waals surface area (Å²) in [5, 5.41) is 18.7. The third kappa shape index (κ3) is 3.61. The second-order valence-electron chi connectivity index (χ2n) is 4.19. The summed E-state index contributed by atoms with van der Waals surface area (Å²) in [6.45, 7) is 5.70. The monoisotopic (exact) mass is 238 g/mol. The van der Waals surface area contributed by atoms with Gasteiger partial charge in [0.25, 0.3) is 0 Å². The van der Waals surface area contributed by atoms with Gasteiger partial charge in [-0.05, 0) is 26.3 Å². The van der Waals surface area contributed by atoms with E-state index in [4.69, 9.17) is 10.8 Å². The van der Waals surface area contributed by atoms with Crippen LogP contribution in [0.15, 0.2) is 18.2 Å². The van der Waals surface area contributed by atoms with Gasteiger partial charge in [-0.15, -0.1) is 0 Å². The Morgan fingerprint density at radius 2 is 2.12 bits per heavy atom. The average molecular weight is 238 g/mol. The molecule has 96 valence electrons. The lowest BCUT2D eigenvalue weighted by atomic mass is 10.1. The molecule has 0 heterocycles. The van der Waals surface area contributed by atoms with E-state index in [1.165, 1.54) is 0 Å². The minimum absolute atomic E-state index is 0.170. The summed E-state index contributed by atoms with van der Waals surface area (Å²) in [5.74, 6) is 0.236. The zero-order valence-electron chi connectivity index (χ0n) is 10.6. The zero-order valence-corrected chi connectivity index (χ0v) is 10.6. The summed E-state index contributed by atoms with van der Waals surface area (Å²) in [6, 6.07) is 5.38. The Hall–Kier alpha value is -1.26. The number of hydrogen-bond donors (Lipinski definition) is 3. The topological polar surface area (TPSA) is 69.7 Å². The highest BCUT2D eigenvalue weighted by Gasteiger charge is 2.10. The molecular weight excluding hydrogens is 216 g/mol. The SMILES string of the molecule is CCN(CCCO)c1ccc(C(C)N)c(O)c1. The fraction of sp³-hybridized carbons (Fsp3) is 0.538. The maximum Gasteiger partial charge on any atom is 0.122 e. The van der Waals surface area contributed by atoms with Crippen LogP contribution in [0, 0.1) is 0 Å². The smallest absolute Gasteiger partial charge is 0.122 e. The normalized spacial score (nSPS) is 12.5. The van der Waals surface area contributed by atoms with Gasteiger partial charge < -0.3 is 20.8 Å². The number of aliphatic hydroxyl groups excluding tert-OH is 1. The second kappa shape index (κ2) is 6.47. The molecule has 0 aliphatic carbocycles. The highest BCUT2D eigenvalue weighted by atomic mass is 16.3. The van der Waals surface area contributed by atoms with Crippen LogP contribution in [0.5, 0.6) is 5.75 Å². The van der Waals surface area contributed by atoms with Gasteiger partial charge in [-0.2, -0.15) is 0 Å². The standard InChI is InChI=1S/C13H22N2O2/c1-3-15(7-4-8-16)11-5-6-12(10(2)14)13(17)9-11/h5-6,9-10,16-17H,3-4,7-8,14H2,1-2H3. The van der Waals surface area contributed by atoms with Crippen LogP contribution in [0.2, 0.25) is 0 Å². The Kier molecular flexibility index (Phi) is 5.25. The average Bonchev–Trinajstić information content (AvgIpc) is 2.29. The van der Waals surface area contributed by atoms with Gasteiger partial charge in [-0.25, -0.2) is 0 Å². The summed E-state index contributed by atoms with van der Waals surface area (Å²) in [7, 11) is 0. The number of hydrogen-bond acceptors (Lipinski definition) is 4. The minimum Gasteiger partial charge on any atom is -0.508 e. The van der Waals surface area contributed by atoms with Crippen LogP contribution in [-0.2, 0) is 0 Å². The molecule has 1 atom stereocenters. The van der Waals surface area contributed by atoms with Crippen molar-refractivity contribution in [3.8, 4) is 5.75 Å². The van der Waals surface area contributed by atoms with E-state index in [-0.39, 0.29) is 18.4 Å². The molecule has 17 heavy (non-hydrogen) atoms. The van der Waals surface area contributed by atoms with Crippen LogP contribution in [0.4, 0.5) is 5.69 Å². The molecule has 0 spiro atoms. The molecule has 1 rings (SSSR count). The lowest BCUT2D eigenvalue weighted by Gasteiger charge is -2.23. The molecule has 4 nitrogen and oxygen atoms in total. The van der Waals surface area contributed by atoms with E-state index < -0.39 is 0 Å². The van der Waals surface area contributed by atoms with Crippen molar-refractivity contribution in [2.45, 2.75) is 26.3 Å². The van der Waals surface area contributed by atoms with Gasteiger partial charge in [0.1, 0.15) is 5.75 Å². The first-order chi connectivity index (χ1) is 8.10. The zero-order chi connectivity index (χ0) is 12.8. The van der Waals surface area contributed by atoms with Gasteiger partial charge in [-0.1, -0.05) is 6.07 Å². The highest BCUT2D eigenvalue weighted by Crippen LogP contribution is 2.28. The van der Waals surface area contributed by atoms with Crippen molar-refractivity contribution in [1.82, 2.24) is 0 Å². The van der Waals surface area contributed by atoms with Gasteiger partial charge in [0, 0.05) is 43.1 Å². The molecule has 0 aliphatic heterocycles. The van der Waals surface area contributed by atoms with Crippen molar-refractivity contribution in [3.63, 3.8) is 0 Å². The number of aromatic hydroxyl groups is 1. The van der Waals surface area contributed by atoms with Crippen molar-refractivity contribution >= 4 is 5.69 Å². The van der Waals surface area contributed by atoms with Crippen LogP contribution in [0.1, 0.15) is 31.9 Å². The minimum atomic E-state index is -0.170. The molecular formula is C13H22N2O2. The van der Waals surface area contributed by atoms with E-state index in [0.29, 0.717) is 0 Å². The summed E-state index contributed by atoms with van der Waals surface area (Å²) >= 11 is 0. The fourth-order valence-electron chi connectivity index (χ4n) is 1.85. The summed E-state index contributed by atoms with van der Waals surface area (Å²) in [4.78, 5) is 2.11. The van der Waals surface area contributed by atoms with Gasteiger partial charge in [0.15, 0.2) is 0 Å². The number of phenolic OH excluding ortho intramolecular Hbond substituents is 1. The third-order valence-corrected chi connectivity index (χ3v) is 2.84. The number of anilines is 1. The number of aliphatic hydroxyl groups is 1. The van der Waals surface area contributed by atoms with Crippen LogP contribution >= 0.6 is 0 Å². The lowest BCUT2D eigenvalue weighted by Crippen LogP contribution is -2.24. The molecule has 0 amide bonds. The van der Waals surface area contributed by atoms with Crippen LogP contribution in [0.25, 0.3) is 0 Å². The third-order valence-electron chi connectivity index (χ3n) is 2.84. The van der Waals surface area contributed by atoms with Crippen LogP contribution in [-0.4, -0.2) is 29.9 Å². The molecule has 0 saturated carbocycles. The first-order valence-corrected chi connectivity index (χ1v) is 6.04. The molecule has 0 aromatic heterocycles. The predicted molar refractivity (Wildman–Crippen MR) is 70.3 cm³/mol. The molecule has 0 radical (unpaired) electrons. The van der Waals surface area contributed by atoms with Crippen molar-refractivity contribution in [3.05, 3.63) is 23.8 Å². The molecule has 1 unspecified atom stereocenters. The molecule has 0 saturated heterocycles. The summed E-state index contributed by atoms with van der Waals surface area (Å²) < 4.78 is 0. The molecule has 4 heteroatoms. The lowest BCUT2D eigenvalue weighted by molar-refractivity contribution is 0.289. The van der Waals surface area contributed by atoms with E-state index in [0.717, 1.165) is 30.8 Å². The van der Waals surface area contributed by atoms with Gasteiger partial charge >= 0.3 is 0 Å². The Morgan fingerprint density at radius 3 is 2.59 bits per heavy atom. The number of phenols is 1. The molecule has 1 aromatic carbocycles. The van der Waals surface area contributed by atoms with Crippen molar-refractivity contribution in [1.29, 1.82) is 0 Å². The van der Waals surface area contributed by atoms with E-state index in [9.17, 15) is 5.11 Å². The Bertz CT molecular complexity index is 353. The second-order valence-corrected chi connectivity index (χ2v) is 4.19. The highest BCUT2D eigenvalue weighted by molar-refractivity contribution is 5.53. The number of nitrogens with two attached hydrogens (primary N) is 1. The molecule has 4 N–H and O–H groups in total. The molecule has 1 aromatic rings. The largest absolute Gasteiger partial charge is 0.508 e. The van der Waals surface area contributed by atoms with Gasteiger partial charge in [0.2, 0.25) is 0 Å². The van der Waals surface area contributed by atoms with Crippen LogP contribution < -0.4 is 10.6 Å². The van der Waals surface area contributed by atoms with Crippen molar-refractivity contribution in [2.75, 3.05) is 24.6 Å². The van der Waals surface area contributed by atoms with E-state index in [1.54, 1.807) is 6.07 Å². The quantitative estimate of drug-likeness (QED) is 0.704. The first kappa shape index (κ1) is 13.8. The summed E-state index contributed by atoms with van der Waals surface area (Å²) in [5.41, 5.74) is 7.46. The Labute approximate surface area is 103 Å². The fourth-order valence-corrected chi connectivity index (χ4v) is 1.85. The maximum atomic E-state index is 9.88. The maximum absolute atomic E-state index is 9.88. The Morgan fingerprint density at radius 1 is 1.41 bits per heavy atom. The van der Waals surface area contributed by atoms with E-state index in [1.807, 2.05) is 26.0 Å². The van der Waals surface area contributed by atoms with E-state index in [2.05, 4.69) is 4.90 Å². The Balaban J connectivity index is 2.86. The number of nitrogens with zero attached hydrogens (tertiary/aromatic N) is 1.